The van der Waals surface area contributed by atoms with E-state index in [0.717, 1.165) is 51.1 Å². The molecular formula is C25H37N3O2. The van der Waals surface area contributed by atoms with Gasteiger partial charge in [0.2, 0.25) is 5.91 Å². The van der Waals surface area contributed by atoms with Crippen molar-refractivity contribution in [3.8, 4) is 11.8 Å². The summed E-state index contributed by atoms with van der Waals surface area (Å²) in [6.07, 6.45) is 4.94. The van der Waals surface area contributed by atoms with Crippen molar-refractivity contribution < 1.29 is 9.90 Å². The molecule has 2 N–H and O–H groups in total. The summed E-state index contributed by atoms with van der Waals surface area (Å²) in [7, 11) is 0. The van der Waals surface area contributed by atoms with Gasteiger partial charge in [-0.15, -0.1) is 0 Å². The summed E-state index contributed by atoms with van der Waals surface area (Å²) in [5.41, 5.74) is 2.34. The number of aliphatic hydroxyl groups excluding tert-OH is 1. The van der Waals surface area contributed by atoms with E-state index in [4.69, 9.17) is 5.11 Å². The van der Waals surface area contributed by atoms with Crippen LogP contribution in [0.1, 0.15) is 57.1 Å². The molecule has 1 amide bonds. The molecule has 0 aromatic heterocycles. The van der Waals surface area contributed by atoms with E-state index in [1.165, 1.54) is 18.4 Å². The minimum atomic E-state index is 0.118. The fourth-order valence-electron chi connectivity index (χ4n) is 4.54. The van der Waals surface area contributed by atoms with Crippen LogP contribution in [0, 0.1) is 17.8 Å². The van der Waals surface area contributed by atoms with Gasteiger partial charge in [0.1, 0.15) is 0 Å². The van der Waals surface area contributed by atoms with E-state index in [0.29, 0.717) is 12.5 Å². The minimum absolute atomic E-state index is 0.118. The Balaban J connectivity index is 1.39. The number of likely N-dealkylation sites (tertiary alicyclic amines) is 2. The molecule has 2 fully saturated rings. The summed E-state index contributed by atoms with van der Waals surface area (Å²) in [5, 5.41) is 11.9. The van der Waals surface area contributed by atoms with Crippen LogP contribution in [0.15, 0.2) is 24.3 Å². The van der Waals surface area contributed by atoms with Gasteiger partial charge in [-0.1, -0.05) is 24.0 Å². The van der Waals surface area contributed by atoms with Crippen LogP contribution < -0.4 is 5.32 Å². The zero-order valence-electron chi connectivity index (χ0n) is 18.6. The Labute approximate surface area is 181 Å². The number of nitrogens with one attached hydrogen (secondary N) is 1. The molecular weight excluding hydrogens is 374 g/mol. The second-order valence-electron chi connectivity index (χ2n) is 8.95. The van der Waals surface area contributed by atoms with Gasteiger partial charge in [-0.05, 0) is 83.4 Å². The molecule has 2 saturated heterocycles. The Bertz CT molecular complexity index is 719. The van der Waals surface area contributed by atoms with Crippen LogP contribution in [0.25, 0.3) is 0 Å². The van der Waals surface area contributed by atoms with Gasteiger partial charge in [0, 0.05) is 36.5 Å². The maximum atomic E-state index is 12.2. The summed E-state index contributed by atoms with van der Waals surface area (Å²) >= 11 is 0. The molecule has 0 aliphatic carbocycles. The smallest absolute Gasteiger partial charge is 0.223 e. The van der Waals surface area contributed by atoms with Gasteiger partial charge in [0.05, 0.1) is 6.61 Å². The monoisotopic (exact) mass is 411 g/mol. The first-order valence-electron chi connectivity index (χ1n) is 11.5. The summed E-state index contributed by atoms with van der Waals surface area (Å²) in [5.74, 6) is 6.49. The lowest BCUT2D eigenvalue weighted by Crippen LogP contribution is -2.49. The predicted octanol–water partition coefficient (Wildman–Crippen LogP) is 2.62. The van der Waals surface area contributed by atoms with Crippen LogP contribution >= 0.6 is 0 Å². The normalized spacial score (nSPS) is 19.5. The van der Waals surface area contributed by atoms with Crippen LogP contribution in [0.2, 0.25) is 0 Å². The average molecular weight is 412 g/mol. The highest BCUT2D eigenvalue weighted by atomic mass is 16.2. The molecule has 0 bridgehead atoms. The molecule has 0 atom stereocenters. The van der Waals surface area contributed by atoms with Crippen molar-refractivity contribution >= 4 is 5.91 Å². The van der Waals surface area contributed by atoms with Crippen molar-refractivity contribution in [2.24, 2.45) is 5.92 Å². The maximum absolute atomic E-state index is 12.2. The van der Waals surface area contributed by atoms with Crippen molar-refractivity contribution in [3.63, 3.8) is 0 Å². The molecule has 5 heteroatoms. The molecule has 30 heavy (non-hydrogen) atoms. The van der Waals surface area contributed by atoms with Crippen molar-refractivity contribution in [2.75, 3.05) is 32.8 Å². The highest BCUT2D eigenvalue weighted by Crippen LogP contribution is 2.25. The number of amides is 1. The van der Waals surface area contributed by atoms with Crippen LogP contribution in [-0.4, -0.2) is 65.7 Å². The lowest BCUT2D eigenvalue weighted by atomic mass is 9.92. The first-order valence-corrected chi connectivity index (χ1v) is 11.5. The van der Waals surface area contributed by atoms with E-state index in [1.54, 1.807) is 0 Å². The average Bonchev–Trinajstić information content (AvgIpc) is 2.75. The van der Waals surface area contributed by atoms with Crippen LogP contribution in [0.4, 0.5) is 0 Å². The molecule has 1 aromatic rings. The van der Waals surface area contributed by atoms with E-state index in [-0.39, 0.29) is 24.5 Å². The number of benzene rings is 1. The van der Waals surface area contributed by atoms with Crippen LogP contribution in [0.5, 0.6) is 0 Å². The topological polar surface area (TPSA) is 55.8 Å². The molecule has 5 nitrogen and oxygen atoms in total. The third kappa shape index (κ3) is 6.84. The Morgan fingerprint density at radius 2 is 1.77 bits per heavy atom. The Morgan fingerprint density at radius 1 is 1.10 bits per heavy atom. The largest absolute Gasteiger partial charge is 0.395 e. The van der Waals surface area contributed by atoms with Gasteiger partial charge in [0.15, 0.2) is 0 Å². The summed E-state index contributed by atoms with van der Waals surface area (Å²) < 4.78 is 0. The molecule has 3 rings (SSSR count). The fourth-order valence-corrected chi connectivity index (χ4v) is 4.54. The maximum Gasteiger partial charge on any atom is 0.223 e. The molecule has 2 aliphatic rings. The van der Waals surface area contributed by atoms with E-state index in [1.807, 2.05) is 13.8 Å². The first kappa shape index (κ1) is 22.8. The molecule has 0 radical (unpaired) electrons. The van der Waals surface area contributed by atoms with E-state index >= 15 is 0 Å². The molecule has 2 heterocycles. The van der Waals surface area contributed by atoms with Crippen molar-refractivity contribution in [1.82, 2.24) is 15.1 Å². The lowest BCUT2D eigenvalue weighted by Gasteiger charge is -2.41. The quantitative estimate of drug-likeness (QED) is 0.707. The van der Waals surface area contributed by atoms with E-state index in [9.17, 15) is 4.79 Å². The second kappa shape index (κ2) is 11.5. The molecule has 0 unspecified atom stereocenters. The van der Waals surface area contributed by atoms with E-state index < -0.39 is 0 Å². The minimum Gasteiger partial charge on any atom is -0.395 e. The van der Waals surface area contributed by atoms with Gasteiger partial charge >= 0.3 is 0 Å². The lowest BCUT2D eigenvalue weighted by molar-refractivity contribution is -0.127. The molecule has 164 valence electrons. The van der Waals surface area contributed by atoms with Gasteiger partial charge < -0.3 is 15.3 Å². The fraction of sp³-hybridized carbons (Fsp3) is 0.640. The standard InChI is InChI=1S/C25H37N3O2/c1-20(2)26-25(30)23-10-16-28(17-11-23)24-12-14-27(15-13-24)19-22-8-6-21(7-9-22)5-3-4-18-29/h6-9,20,23-24,29H,4,10-19H2,1-2H3,(H,26,30). The number of nitrogens with zero attached hydrogens (tertiary/aromatic N) is 2. The van der Waals surface area contributed by atoms with E-state index in [2.05, 4.69) is 51.2 Å². The van der Waals surface area contributed by atoms with Crippen LogP contribution in [0.3, 0.4) is 0 Å². The number of carbonyl (C=O) groups is 1. The highest BCUT2D eigenvalue weighted by molar-refractivity contribution is 5.78. The summed E-state index contributed by atoms with van der Waals surface area (Å²) in [6, 6.07) is 9.39. The second-order valence-corrected chi connectivity index (χ2v) is 8.95. The Hall–Kier alpha value is -1.87. The third-order valence-electron chi connectivity index (χ3n) is 6.23. The number of rotatable bonds is 6. The van der Waals surface area contributed by atoms with Crippen LogP contribution in [-0.2, 0) is 11.3 Å². The van der Waals surface area contributed by atoms with Crippen molar-refractivity contribution in [3.05, 3.63) is 35.4 Å². The van der Waals surface area contributed by atoms with Gasteiger partial charge in [-0.2, -0.15) is 0 Å². The summed E-state index contributed by atoms with van der Waals surface area (Å²) in [4.78, 5) is 17.4. The van der Waals surface area contributed by atoms with Gasteiger partial charge in [0.25, 0.3) is 0 Å². The molecule has 0 saturated carbocycles. The SMILES string of the molecule is CC(C)NC(=O)C1CCN(C2CCN(Cc3ccc(C#CCCO)cc3)CC2)CC1. The number of hydrogen-bond acceptors (Lipinski definition) is 4. The Kier molecular flexibility index (Phi) is 8.74. The van der Waals surface area contributed by atoms with Crippen molar-refractivity contribution in [1.29, 1.82) is 0 Å². The first-order chi connectivity index (χ1) is 14.5. The van der Waals surface area contributed by atoms with Gasteiger partial charge in [-0.3, -0.25) is 9.69 Å². The molecule has 0 spiro atoms. The van der Waals surface area contributed by atoms with Gasteiger partial charge in [-0.25, -0.2) is 0 Å². The number of hydrogen-bond donors (Lipinski definition) is 2. The number of piperidine rings is 2. The van der Waals surface area contributed by atoms with Crippen molar-refractivity contribution in [2.45, 2.75) is 64.6 Å². The number of carbonyl (C=O) groups excluding carboxylic acids is 1. The zero-order valence-corrected chi connectivity index (χ0v) is 18.6. The highest BCUT2D eigenvalue weighted by Gasteiger charge is 2.30. The molecule has 2 aliphatic heterocycles. The predicted molar refractivity (Wildman–Crippen MR) is 121 cm³/mol. The third-order valence-corrected chi connectivity index (χ3v) is 6.23. The zero-order chi connectivity index (χ0) is 21.3. The number of aliphatic hydroxyl groups is 1. The summed E-state index contributed by atoms with van der Waals surface area (Å²) in [6.45, 7) is 9.55. The Morgan fingerprint density at radius 3 is 2.37 bits per heavy atom. The molecule has 1 aromatic carbocycles.